The van der Waals surface area contributed by atoms with Crippen molar-refractivity contribution in [2.24, 2.45) is 5.92 Å². The Hall–Kier alpha value is -0.690. The molecular weight excluding hydrogens is 228 g/mol. The fraction of sp³-hybridized carbons (Fsp3) is 0.909. The maximum atomic E-state index is 11.3. The first-order chi connectivity index (χ1) is 8.21. The molecule has 0 radical (unpaired) electrons. The van der Waals surface area contributed by atoms with Gasteiger partial charge in [0.15, 0.2) is 6.29 Å². The molecule has 1 N–H and O–H groups in total. The number of aliphatic hydroxyl groups is 1. The molecule has 2 fully saturated rings. The summed E-state index contributed by atoms with van der Waals surface area (Å²) in [4.78, 5) is 11.3. The van der Waals surface area contributed by atoms with E-state index >= 15 is 0 Å². The highest BCUT2D eigenvalue weighted by Gasteiger charge is 2.50. The second kappa shape index (κ2) is 5.30. The van der Waals surface area contributed by atoms with Crippen LogP contribution in [0.1, 0.15) is 13.3 Å². The van der Waals surface area contributed by atoms with Crippen LogP contribution in [-0.2, 0) is 23.7 Å². The van der Waals surface area contributed by atoms with Crippen molar-refractivity contribution >= 4 is 5.97 Å². The molecule has 0 saturated carbocycles. The normalized spacial score (nSPS) is 41.8. The molecular formula is C11H18O6. The Morgan fingerprint density at radius 2 is 2.24 bits per heavy atom. The Morgan fingerprint density at radius 3 is 2.82 bits per heavy atom. The zero-order valence-electron chi connectivity index (χ0n) is 10.00. The fourth-order valence-corrected chi connectivity index (χ4v) is 2.50. The summed E-state index contributed by atoms with van der Waals surface area (Å²) in [6.45, 7) is 1.76. The molecule has 2 heterocycles. The van der Waals surface area contributed by atoms with Gasteiger partial charge in [-0.25, -0.2) is 4.79 Å². The van der Waals surface area contributed by atoms with Crippen LogP contribution in [0, 0.1) is 5.92 Å². The van der Waals surface area contributed by atoms with Crippen molar-refractivity contribution in [2.45, 2.75) is 37.9 Å². The van der Waals surface area contributed by atoms with Gasteiger partial charge in [0.05, 0.1) is 12.7 Å². The van der Waals surface area contributed by atoms with E-state index in [1.807, 2.05) is 6.92 Å². The van der Waals surface area contributed by atoms with Gasteiger partial charge in [0.1, 0.15) is 18.8 Å². The summed E-state index contributed by atoms with van der Waals surface area (Å²) in [5.74, 6) is -0.446. The summed E-state index contributed by atoms with van der Waals surface area (Å²) in [6.07, 6.45) is -1.07. The van der Waals surface area contributed by atoms with Crippen molar-refractivity contribution in [3.05, 3.63) is 0 Å². The van der Waals surface area contributed by atoms with Crippen LogP contribution in [-0.4, -0.2) is 56.0 Å². The van der Waals surface area contributed by atoms with E-state index in [0.717, 1.165) is 6.42 Å². The third kappa shape index (κ3) is 2.30. The predicted molar refractivity (Wildman–Crippen MR) is 56.2 cm³/mol. The third-order valence-electron chi connectivity index (χ3n) is 3.35. The van der Waals surface area contributed by atoms with Crippen LogP contribution in [0.25, 0.3) is 0 Å². The smallest absolute Gasteiger partial charge is 0.332 e. The van der Waals surface area contributed by atoms with Gasteiger partial charge in [-0.05, 0) is 6.42 Å². The summed E-state index contributed by atoms with van der Waals surface area (Å²) in [5.41, 5.74) is 0. The molecule has 98 valence electrons. The van der Waals surface area contributed by atoms with Crippen molar-refractivity contribution < 1.29 is 28.8 Å². The predicted octanol–water partition coefficient (Wildman–Crippen LogP) is -0.313. The van der Waals surface area contributed by atoms with E-state index in [2.05, 4.69) is 0 Å². The number of methoxy groups -OCH3 is 1. The van der Waals surface area contributed by atoms with Gasteiger partial charge in [0.2, 0.25) is 0 Å². The van der Waals surface area contributed by atoms with E-state index < -0.39 is 18.5 Å². The molecule has 0 aliphatic carbocycles. The van der Waals surface area contributed by atoms with Gasteiger partial charge in [0.25, 0.3) is 0 Å². The molecule has 0 bridgehead atoms. The zero-order valence-corrected chi connectivity index (χ0v) is 10.00. The monoisotopic (exact) mass is 246 g/mol. The van der Waals surface area contributed by atoms with E-state index in [4.69, 9.17) is 18.9 Å². The van der Waals surface area contributed by atoms with Crippen LogP contribution < -0.4 is 0 Å². The van der Waals surface area contributed by atoms with Crippen molar-refractivity contribution in [3.8, 4) is 0 Å². The van der Waals surface area contributed by atoms with Gasteiger partial charge in [0, 0.05) is 13.0 Å². The highest BCUT2D eigenvalue weighted by atomic mass is 16.7. The van der Waals surface area contributed by atoms with E-state index in [1.165, 1.54) is 7.11 Å². The lowest BCUT2D eigenvalue weighted by Crippen LogP contribution is -2.60. The minimum Gasteiger partial charge on any atom is -0.457 e. The molecule has 2 aliphatic heterocycles. The lowest BCUT2D eigenvalue weighted by Gasteiger charge is -2.46. The highest BCUT2D eigenvalue weighted by molar-refractivity contribution is 5.71. The second-order valence-corrected chi connectivity index (χ2v) is 4.26. The Balaban J connectivity index is 2.19. The fourth-order valence-electron chi connectivity index (χ4n) is 2.50. The first-order valence-corrected chi connectivity index (χ1v) is 5.81. The average molecular weight is 246 g/mol. The number of aliphatic hydroxyl groups excluding tert-OH is 1. The Morgan fingerprint density at radius 1 is 1.47 bits per heavy atom. The Kier molecular flexibility index (Phi) is 3.98. The number of rotatable bonds is 3. The second-order valence-electron chi connectivity index (χ2n) is 4.26. The molecule has 0 aromatic heterocycles. The number of hydrogen-bond acceptors (Lipinski definition) is 6. The topological polar surface area (TPSA) is 74.2 Å². The minimum atomic E-state index is -0.604. The summed E-state index contributed by atoms with van der Waals surface area (Å²) in [7, 11) is 1.50. The molecule has 0 spiro atoms. The van der Waals surface area contributed by atoms with Crippen LogP contribution in [0.2, 0.25) is 0 Å². The number of carbonyl (C=O) groups is 1. The summed E-state index contributed by atoms with van der Waals surface area (Å²) in [6, 6.07) is 0. The van der Waals surface area contributed by atoms with Gasteiger partial charge >= 0.3 is 5.97 Å². The quantitative estimate of drug-likeness (QED) is 0.688. The van der Waals surface area contributed by atoms with E-state index in [0.29, 0.717) is 0 Å². The molecule has 6 nitrogen and oxygen atoms in total. The van der Waals surface area contributed by atoms with Gasteiger partial charge in [-0.3, -0.25) is 0 Å². The average Bonchev–Trinajstić information content (AvgIpc) is 2.36. The highest BCUT2D eigenvalue weighted by Crippen LogP contribution is 2.34. The minimum absolute atomic E-state index is 0.0688. The third-order valence-corrected chi connectivity index (χ3v) is 3.35. The lowest BCUT2D eigenvalue weighted by atomic mass is 9.86. The maximum Gasteiger partial charge on any atom is 0.332 e. The van der Waals surface area contributed by atoms with Gasteiger partial charge in [-0.1, -0.05) is 6.92 Å². The largest absolute Gasteiger partial charge is 0.457 e. The number of esters is 1. The van der Waals surface area contributed by atoms with Crippen molar-refractivity contribution in [2.75, 3.05) is 20.3 Å². The summed E-state index contributed by atoms with van der Waals surface area (Å²) in [5, 5.41) is 9.30. The van der Waals surface area contributed by atoms with Crippen molar-refractivity contribution in [3.63, 3.8) is 0 Å². The number of fused-ring (bicyclic) bond motifs is 1. The van der Waals surface area contributed by atoms with Crippen molar-refractivity contribution in [1.29, 1.82) is 0 Å². The number of ether oxygens (including phenoxy) is 4. The SMILES string of the molecule is CC[C@@H]1C(CO)O[C@@H](OC)C2OCC(=O)OC21. The molecule has 2 saturated heterocycles. The van der Waals surface area contributed by atoms with E-state index in [1.54, 1.807) is 0 Å². The molecule has 0 amide bonds. The molecule has 2 rings (SSSR count). The lowest BCUT2D eigenvalue weighted by molar-refractivity contribution is -0.308. The van der Waals surface area contributed by atoms with Crippen LogP contribution in [0.15, 0.2) is 0 Å². The summed E-state index contributed by atoms with van der Waals surface area (Å²) < 4.78 is 21.5. The van der Waals surface area contributed by atoms with E-state index in [9.17, 15) is 9.90 Å². The van der Waals surface area contributed by atoms with Crippen molar-refractivity contribution in [1.82, 2.24) is 0 Å². The first kappa shape index (κ1) is 12.8. The number of hydrogen-bond donors (Lipinski definition) is 1. The van der Waals surface area contributed by atoms with Crippen LogP contribution in [0.4, 0.5) is 0 Å². The Labute approximate surface area is 99.8 Å². The zero-order chi connectivity index (χ0) is 12.4. The summed E-state index contributed by atoms with van der Waals surface area (Å²) >= 11 is 0. The number of carbonyl (C=O) groups excluding carboxylic acids is 1. The first-order valence-electron chi connectivity index (χ1n) is 5.81. The molecule has 5 atom stereocenters. The van der Waals surface area contributed by atoms with Crippen LogP contribution in [0.5, 0.6) is 0 Å². The molecule has 6 heteroatoms. The molecule has 0 aromatic rings. The van der Waals surface area contributed by atoms with Crippen LogP contribution in [0.3, 0.4) is 0 Å². The standard InChI is InChI=1S/C11H18O6/c1-3-6-7(4-12)16-11(14-2)10-9(6)17-8(13)5-15-10/h6-7,9-12H,3-5H2,1-2H3/t6-,7?,9?,10?,11-/m1/s1. The van der Waals surface area contributed by atoms with Gasteiger partial charge in [-0.2, -0.15) is 0 Å². The molecule has 17 heavy (non-hydrogen) atoms. The van der Waals surface area contributed by atoms with E-state index in [-0.39, 0.29) is 31.2 Å². The molecule has 0 aromatic carbocycles. The molecule has 2 aliphatic rings. The molecule has 3 unspecified atom stereocenters. The Bertz CT molecular complexity index is 269. The van der Waals surface area contributed by atoms with Gasteiger partial charge < -0.3 is 24.1 Å². The maximum absolute atomic E-state index is 11.3. The van der Waals surface area contributed by atoms with Gasteiger partial charge in [-0.15, -0.1) is 0 Å². The van der Waals surface area contributed by atoms with Crippen LogP contribution >= 0.6 is 0 Å².